The van der Waals surface area contributed by atoms with E-state index in [0.717, 1.165) is 44.5 Å². The third-order valence-electron chi connectivity index (χ3n) is 7.11. The maximum atomic E-state index is 13.3. The molecule has 3 aromatic rings. The molecule has 0 aliphatic carbocycles. The number of methoxy groups -OCH3 is 1. The summed E-state index contributed by atoms with van der Waals surface area (Å²) in [5, 5.41) is 5.97. The average molecular weight is 530 g/mol. The number of hydrogen-bond donors (Lipinski definition) is 2. The largest absolute Gasteiger partial charge is 0.497 e. The van der Waals surface area contributed by atoms with Gasteiger partial charge in [-0.2, -0.15) is 0 Å². The fourth-order valence-electron chi connectivity index (χ4n) is 4.98. The molecule has 1 aliphatic heterocycles. The molecule has 1 aliphatic rings. The second-order valence-electron chi connectivity index (χ2n) is 9.84. The van der Waals surface area contributed by atoms with Crippen LogP contribution in [0, 0.1) is 5.92 Å². The highest BCUT2D eigenvalue weighted by molar-refractivity contribution is 6.06. The van der Waals surface area contributed by atoms with Crippen molar-refractivity contribution in [2.24, 2.45) is 5.92 Å². The standard InChI is InChI=1S/C32H39N3O4/c1-3-39-20-8-17-33-32(37)29-23-27(34-31(36)26-11-7-12-28(22-26)38-2)13-14-30(29)35-18-15-25(16-19-35)21-24-9-5-4-6-10-24/h4-7,9-14,22-23,25H,3,8,15-21H2,1-2H3,(H,33,37)(H,34,36). The van der Waals surface area contributed by atoms with Gasteiger partial charge in [0.15, 0.2) is 0 Å². The van der Waals surface area contributed by atoms with Gasteiger partial charge in [-0.3, -0.25) is 9.59 Å². The zero-order valence-electron chi connectivity index (χ0n) is 22.9. The van der Waals surface area contributed by atoms with Crippen LogP contribution in [0.2, 0.25) is 0 Å². The number of piperidine rings is 1. The molecule has 1 fully saturated rings. The van der Waals surface area contributed by atoms with Crippen LogP contribution in [0.3, 0.4) is 0 Å². The molecular weight excluding hydrogens is 490 g/mol. The molecule has 0 atom stereocenters. The SMILES string of the molecule is CCOCCCNC(=O)c1cc(NC(=O)c2cccc(OC)c2)ccc1N1CCC(Cc2ccccc2)CC1. The van der Waals surface area contributed by atoms with Crippen molar-refractivity contribution in [3.05, 3.63) is 89.5 Å². The summed E-state index contributed by atoms with van der Waals surface area (Å²) < 4.78 is 10.6. The number of rotatable bonds is 12. The first-order valence-electron chi connectivity index (χ1n) is 13.8. The Hall–Kier alpha value is -3.84. The minimum Gasteiger partial charge on any atom is -0.497 e. The Bertz CT molecular complexity index is 1220. The minimum atomic E-state index is -0.258. The number of hydrogen-bond acceptors (Lipinski definition) is 5. The molecule has 4 rings (SSSR count). The van der Waals surface area contributed by atoms with Crippen LogP contribution in [-0.2, 0) is 11.2 Å². The van der Waals surface area contributed by atoms with Gasteiger partial charge in [0.1, 0.15) is 5.75 Å². The molecule has 39 heavy (non-hydrogen) atoms. The summed E-state index contributed by atoms with van der Waals surface area (Å²) in [5.41, 5.74) is 3.90. The van der Waals surface area contributed by atoms with E-state index in [1.165, 1.54) is 5.56 Å². The highest BCUT2D eigenvalue weighted by atomic mass is 16.5. The predicted octanol–water partition coefficient (Wildman–Crippen LogP) is 5.56. The summed E-state index contributed by atoms with van der Waals surface area (Å²) in [5.74, 6) is 0.832. The Morgan fingerprint density at radius 3 is 2.49 bits per heavy atom. The molecule has 2 amide bonds. The first-order chi connectivity index (χ1) is 19.1. The lowest BCUT2D eigenvalue weighted by Crippen LogP contribution is -2.36. The number of benzene rings is 3. The van der Waals surface area contributed by atoms with Gasteiger partial charge in [0.25, 0.3) is 11.8 Å². The summed E-state index contributed by atoms with van der Waals surface area (Å²) >= 11 is 0. The van der Waals surface area contributed by atoms with Crippen LogP contribution in [-0.4, -0.2) is 51.8 Å². The maximum Gasteiger partial charge on any atom is 0.255 e. The fraction of sp³-hybridized carbons (Fsp3) is 0.375. The van der Waals surface area contributed by atoms with E-state index < -0.39 is 0 Å². The lowest BCUT2D eigenvalue weighted by Gasteiger charge is -2.35. The average Bonchev–Trinajstić information content (AvgIpc) is 2.98. The van der Waals surface area contributed by atoms with E-state index in [1.54, 1.807) is 37.4 Å². The number of carbonyl (C=O) groups is 2. The van der Waals surface area contributed by atoms with E-state index in [9.17, 15) is 9.59 Å². The smallest absolute Gasteiger partial charge is 0.255 e. The first-order valence-corrected chi connectivity index (χ1v) is 13.8. The van der Waals surface area contributed by atoms with Crippen LogP contribution in [0.5, 0.6) is 5.75 Å². The van der Waals surface area contributed by atoms with Crippen molar-refractivity contribution < 1.29 is 19.1 Å². The van der Waals surface area contributed by atoms with Crippen molar-refractivity contribution in [1.29, 1.82) is 0 Å². The van der Waals surface area contributed by atoms with Crippen LogP contribution in [0.15, 0.2) is 72.8 Å². The van der Waals surface area contributed by atoms with Crippen LogP contribution < -0.4 is 20.3 Å². The molecule has 0 radical (unpaired) electrons. The highest BCUT2D eigenvalue weighted by Crippen LogP contribution is 2.30. The van der Waals surface area contributed by atoms with Gasteiger partial charge in [-0.05, 0) is 80.5 Å². The number of carbonyl (C=O) groups excluding carboxylic acids is 2. The fourth-order valence-corrected chi connectivity index (χ4v) is 4.98. The van der Waals surface area contributed by atoms with E-state index in [-0.39, 0.29) is 11.8 Å². The van der Waals surface area contributed by atoms with Crippen molar-refractivity contribution >= 4 is 23.2 Å². The zero-order chi connectivity index (χ0) is 27.5. The second-order valence-corrected chi connectivity index (χ2v) is 9.84. The van der Waals surface area contributed by atoms with E-state index in [1.807, 2.05) is 19.1 Å². The van der Waals surface area contributed by atoms with Gasteiger partial charge in [-0.1, -0.05) is 36.4 Å². The summed E-state index contributed by atoms with van der Waals surface area (Å²) in [4.78, 5) is 28.5. The zero-order valence-corrected chi connectivity index (χ0v) is 22.9. The summed E-state index contributed by atoms with van der Waals surface area (Å²) in [6.07, 6.45) is 3.96. The molecule has 206 valence electrons. The highest BCUT2D eigenvalue weighted by Gasteiger charge is 2.24. The number of ether oxygens (including phenoxy) is 2. The Morgan fingerprint density at radius 2 is 1.74 bits per heavy atom. The van der Waals surface area contributed by atoms with Gasteiger partial charge in [0, 0.05) is 49.8 Å². The van der Waals surface area contributed by atoms with Gasteiger partial charge in [0.05, 0.1) is 12.7 Å². The van der Waals surface area contributed by atoms with Gasteiger partial charge in [-0.15, -0.1) is 0 Å². The molecule has 0 bridgehead atoms. The van der Waals surface area contributed by atoms with Crippen LogP contribution in [0.1, 0.15) is 52.5 Å². The minimum absolute atomic E-state index is 0.148. The van der Waals surface area contributed by atoms with Gasteiger partial charge in [-0.25, -0.2) is 0 Å². The second kappa shape index (κ2) is 14.4. The molecule has 0 unspecified atom stereocenters. The topological polar surface area (TPSA) is 79.9 Å². The molecular formula is C32H39N3O4. The molecule has 7 heteroatoms. The van der Waals surface area contributed by atoms with E-state index in [4.69, 9.17) is 9.47 Å². The Balaban J connectivity index is 1.47. The Kier molecular flexibility index (Phi) is 10.4. The third kappa shape index (κ3) is 8.07. The molecule has 0 saturated carbocycles. The first kappa shape index (κ1) is 28.2. The van der Waals surface area contributed by atoms with Crippen LogP contribution in [0.25, 0.3) is 0 Å². The van der Waals surface area contributed by atoms with Crippen molar-refractivity contribution in [2.75, 3.05) is 50.2 Å². The van der Waals surface area contributed by atoms with Crippen molar-refractivity contribution in [1.82, 2.24) is 5.32 Å². The molecule has 7 nitrogen and oxygen atoms in total. The normalized spacial score (nSPS) is 13.6. The lowest BCUT2D eigenvalue weighted by molar-refractivity contribution is 0.0943. The molecule has 2 N–H and O–H groups in total. The van der Waals surface area contributed by atoms with E-state index in [0.29, 0.717) is 48.2 Å². The molecule has 1 heterocycles. The molecule has 0 spiro atoms. The number of anilines is 2. The summed E-state index contributed by atoms with van der Waals surface area (Å²) in [6.45, 7) is 5.52. The molecule has 0 aromatic heterocycles. The summed E-state index contributed by atoms with van der Waals surface area (Å²) in [6, 6.07) is 23.2. The molecule has 3 aromatic carbocycles. The van der Waals surface area contributed by atoms with E-state index >= 15 is 0 Å². The molecule has 1 saturated heterocycles. The van der Waals surface area contributed by atoms with Crippen molar-refractivity contribution in [3.63, 3.8) is 0 Å². The predicted molar refractivity (Wildman–Crippen MR) is 156 cm³/mol. The maximum absolute atomic E-state index is 13.3. The van der Waals surface area contributed by atoms with Crippen molar-refractivity contribution in [3.8, 4) is 5.75 Å². The summed E-state index contributed by atoms with van der Waals surface area (Å²) in [7, 11) is 1.57. The number of nitrogens with one attached hydrogen (secondary N) is 2. The van der Waals surface area contributed by atoms with Crippen LogP contribution in [0.4, 0.5) is 11.4 Å². The quantitative estimate of drug-likeness (QED) is 0.300. The third-order valence-corrected chi connectivity index (χ3v) is 7.11. The van der Waals surface area contributed by atoms with Gasteiger partial charge >= 0.3 is 0 Å². The van der Waals surface area contributed by atoms with Gasteiger partial charge in [0.2, 0.25) is 0 Å². The van der Waals surface area contributed by atoms with Crippen molar-refractivity contribution in [2.45, 2.75) is 32.6 Å². The monoisotopic (exact) mass is 529 g/mol. The number of amides is 2. The lowest BCUT2D eigenvalue weighted by atomic mass is 9.89. The Morgan fingerprint density at radius 1 is 0.949 bits per heavy atom. The Labute approximate surface area is 231 Å². The van der Waals surface area contributed by atoms with E-state index in [2.05, 4.69) is 45.9 Å². The number of nitrogens with zero attached hydrogens (tertiary/aromatic N) is 1. The van der Waals surface area contributed by atoms with Crippen LogP contribution >= 0.6 is 0 Å². The van der Waals surface area contributed by atoms with Gasteiger partial charge < -0.3 is 25.0 Å².